The highest BCUT2D eigenvalue weighted by Crippen LogP contribution is 2.26. The Bertz CT molecular complexity index is 410. The number of carbonyl (C=O) groups is 1. The molecule has 2 rings (SSSR count). The summed E-state index contributed by atoms with van der Waals surface area (Å²) < 4.78 is 12.9. The summed E-state index contributed by atoms with van der Waals surface area (Å²) in [7, 11) is 0. The Morgan fingerprint density at radius 3 is 2.80 bits per heavy atom. The van der Waals surface area contributed by atoms with Crippen LogP contribution in [0.15, 0.2) is 18.2 Å². The van der Waals surface area contributed by atoms with Crippen molar-refractivity contribution in [3.8, 4) is 0 Å². The molecule has 0 spiro atoms. The first-order valence-corrected chi connectivity index (χ1v) is 4.92. The molecule has 1 aromatic rings. The van der Waals surface area contributed by atoms with E-state index in [2.05, 4.69) is 0 Å². The van der Waals surface area contributed by atoms with E-state index >= 15 is 0 Å². The quantitative estimate of drug-likeness (QED) is 0.794. The molecule has 1 fully saturated rings. The molecule has 1 aliphatic rings. The zero-order valence-electron chi connectivity index (χ0n) is 7.78. The molecule has 1 amide bonds. The number of carbonyl (C=O) groups excluding carboxylic acids is 1. The molecule has 80 valence electrons. The summed E-state index contributed by atoms with van der Waals surface area (Å²) in [4.78, 5) is 12.8. The fraction of sp³-hybridized carbons (Fsp3) is 0.300. The number of halogens is 2. The van der Waals surface area contributed by atoms with Crippen LogP contribution in [0.1, 0.15) is 6.42 Å². The number of aliphatic hydroxyl groups is 1. The van der Waals surface area contributed by atoms with Gasteiger partial charge in [-0.3, -0.25) is 4.79 Å². The normalized spacial score (nSPS) is 21.1. The summed E-state index contributed by atoms with van der Waals surface area (Å²) in [5.41, 5.74) is 0.517. The SMILES string of the molecule is O=C1C(O)CCN1c1ccc(F)c(Cl)c1. The molecular weight excluding hydrogens is 221 g/mol. The molecule has 1 heterocycles. The molecule has 5 heteroatoms. The van der Waals surface area contributed by atoms with Gasteiger partial charge in [-0.2, -0.15) is 0 Å². The van der Waals surface area contributed by atoms with Crippen molar-refractivity contribution in [3.05, 3.63) is 29.0 Å². The number of benzene rings is 1. The Hall–Kier alpha value is -1.13. The van der Waals surface area contributed by atoms with Gasteiger partial charge >= 0.3 is 0 Å². The molecular formula is C10H9ClFNO2. The van der Waals surface area contributed by atoms with Gasteiger partial charge in [-0.15, -0.1) is 0 Å². The highest BCUT2D eigenvalue weighted by atomic mass is 35.5. The van der Waals surface area contributed by atoms with Crippen LogP contribution in [-0.2, 0) is 4.79 Å². The van der Waals surface area contributed by atoms with Crippen LogP contribution in [-0.4, -0.2) is 23.7 Å². The summed E-state index contributed by atoms with van der Waals surface area (Å²) in [6.45, 7) is 0.433. The molecule has 15 heavy (non-hydrogen) atoms. The average Bonchev–Trinajstić information content (AvgIpc) is 2.53. The van der Waals surface area contributed by atoms with E-state index in [1.807, 2.05) is 0 Å². The standard InChI is InChI=1S/C10H9ClFNO2/c11-7-5-6(1-2-8(7)12)13-4-3-9(14)10(13)15/h1-2,5,9,14H,3-4H2. The summed E-state index contributed by atoms with van der Waals surface area (Å²) in [6, 6.07) is 4.06. The maximum atomic E-state index is 12.9. The molecule has 1 unspecified atom stereocenters. The lowest BCUT2D eigenvalue weighted by molar-refractivity contribution is -0.123. The maximum absolute atomic E-state index is 12.9. The smallest absolute Gasteiger partial charge is 0.255 e. The Balaban J connectivity index is 2.31. The minimum Gasteiger partial charge on any atom is -0.383 e. The number of anilines is 1. The van der Waals surface area contributed by atoms with Gasteiger partial charge in [0.05, 0.1) is 5.02 Å². The zero-order chi connectivity index (χ0) is 11.0. The third-order valence-electron chi connectivity index (χ3n) is 2.39. The Kier molecular flexibility index (Phi) is 2.63. The number of nitrogens with zero attached hydrogens (tertiary/aromatic N) is 1. The molecule has 0 bridgehead atoms. The molecule has 1 atom stereocenters. The largest absolute Gasteiger partial charge is 0.383 e. The highest BCUT2D eigenvalue weighted by molar-refractivity contribution is 6.31. The molecule has 3 nitrogen and oxygen atoms in total. The van der Waals surface area contributed by atoms with Gasteiger partial charge in [0, 0.05) is 18.7 Å². The predicted octanol–water partition coefficient (Wildman–Crippen LogP) is 1.58. The molecule has 0 saturated carbocycles. The lowest BCUT2D eigenvalue weighted by atomic mass is 10.3. The van der Waals surface area contributed by atoms with Crippen LogP contribution in [0.25, 0.3) is 0 Å². The van der Waals surface area contributed by atoms with Crippen molar-refractivity contribution in [2.45, 2.75) is 12.5 Å². The van der Waals surface area contributed by atoms with E-state index in [-0.39, 0.29) is 10.9 Å². The highest BCUT2D eigenvalue weighted by Gasteiger charge is 2.30. The van der Waals surface area contributed by atoms with E-state index in [1.54, 1.807) is 0 Å². The Morgan fingerprint density at radius 1 is 1.53 bits per heavy atom. The summed E-state index contributed by atoms with van der Waals surface area (Å²) in [5, 5.41) is 9.23. The molecule has 0 aromatic heterocycles. The van der Waals surface area contributed by atoms with Crippen molar-refractivity contribution in [1.82, 2.24) is 0 Å². The van der Waals surface area contributed by atoms with Gasteiger partial charge in [0.2, 0.25) is 0 Å². The van der Waals surface area contributed by atoms with E-state index in [9.17, 15) is 14.3 Å². The Labute approximate surface area is 91.1 Å². The average molecular weight is 230 g/mol. The van der Waals surface area contributed by atoms with E-state index in [0.29, 0.717) is 18.7 Å². The van der Waals surface area contributed by atoms with Crippen LogP contribution in [0.2, 0.25) is 5.02 Å². The second-order valence-corrected chi connectivity index (χ2v) is 3.80. The first-order chi connectivity index (χ1) is 7.09. The molecule has 1 aliphatic heterocycles. The van der Waals surface area contributed by atoms with E-state index in [0.717, 1.165) is 0 Å². The molecule has 1 saturated heterocycles. The van der Waals surface area contributed by atoms with Crippen LogP contribution < -0.4 is 4.90 Å². The fourth-order valence-electron chi connectivity index (χ4n) is 1.57. The predicted molar refractivity (Wildman–Crippen MR) is 54.4 cm³/mol. The van der Waals surface area contributed by atoms with Gasteiger partial charge in [-0.05, 0) is 18.2 Å². The minimum absolute atomic E-state index is 0.0262. The van der Waals surface area contributed by atoms with E-state index in [4.69, 9.17) is 11.6 Å². The van der Waals surface area contributed by atoms with Crippen LogP contribution in [0.5, 0.6) is 0 Å². The van der Waals surface area contributed by atoms with Crippen molar-refractivity contribution in [2.75, 3.05) is 11.4 Å². The van der Waals surface area contributed by atoms with Gasteiger partial charge in [-0.25, -0.2) is 4.39 Å². The van der Waals surface area contributed by atoms with Crippen molar-refractivity contribution >= 4 is 23.2 Å². The van der Waals surface area contributed by atoms with Gasteiger partial charge in [0.25, 0.3) is 5.91 Å². The third-order valence-corrected chi connectivity index (χ3v) is 2.68. The first-order valence-electron chi connectivity index (χ1n) is 4.54. The van der Waals surface area contributed by atoms with Gasteiger partial charge in [0.15, 0.2) is 0 Å². The molecule has 1 N–H and O–H groups in total. The Morgan fingerprint density at radius 2 is 2.27 bits per heavy atom. The summed E-state index contributed by atoms with van der Waals surface area (Å²) in [5.74, 6) is -0.884. The third kappa shape index (κ3) is 1.82. The topological polar surface area (TPSA) is 40.5 Å². The zero-order valence-corrected chi connectivity index (χ0v) is 8.54. The molecule has 1 aromatic carbocycles. The van der Waals surface area contributed by atoms with Crippen molar-refractivity contribution < 1.29 is 14.3 Å². The first kappa shape index (κ1) is 10.4. The second kappa shape index (κ2) is 3.79. The van der Waals surface area contributed by atoms with Gasteiger partial charge in [0.1, 0.15) is 11.9 Å². The minimum atomic E-state index is -0.950. The number of hydrogen-bond acceptors (Lipinski definition) is 2. The summed E-state index contributed by atoms with van der Waals surface area (Å²) >= 11 is 5.60. The summed E-state index contributed by atoms with van der Waals surface area (Å²) in [6.07, 6.45) is -0.554. The number of hydrogen-bond donors (Lipinski definition) is 1. The van der Waals surface area contributed by atoms with Gasteiger partial charge in [-0.1, -0.05) is 11.6 Å². The van der Waals surface area contributed by atoms with Crippen molar-refractivity contribution in [1.29, 1.82) is 0 Å². The van der Waals surface area contributed by atoms with Crippen LogP contribution in [0.4, 0.5) is 10.1 Å². The number of aliphatic hydroxyl groups excluding tert-OH is 1. The lowest BCUT2D eigenvalue weighted by Crippen LogP contribution is -2.29. The van der Waals surface area contributed by atoms with Crippen LogP contribution in [0, 0.1) is 5.82 Å². The second-order valence-electron chi connectivity index (χ2n) is 3.39. The maximum Gasteiger partial charge on any atom is 0.255 e. The number of rotatable bonds is 1. The molecule has 0 radical (unpaired) electrons. The lowest BCUT2D eigenvalue weighted by Gasteiger charge is -2.15. The van der Waals surface area contributed by atoms with E-state index in [1.165, 1.54) is 23.1 Å². The monoisotopic (exact) mass is 229 g/mol. The van der Waals surface area contributed by atoms with Crippen molar-refractivity contribution in [3.63, 3.8) is 0 Å². The van der Waals surface area contributed by atoms with Gasteiger partial charge < -0.3 is 10.0 Å². The number of amides is 1. The molecule has 0 aliphatic carbocycles. The van der Waals surface area contributed by atoms with E-state index < -0.39 is 11.9 Å². The van der Waals surface area contributed by atoms with Crippen LogP contribution in [0.3, 0.4) is 0 Å². The fourth-order valence-corrected chi connectivity index (χ4v) is 1.75. The van der Waals surface area contributed by atoms with Crippen LogP contribution >= 0.6 is 11.6 Å². The van der Waals surface area contributed by atoms with Crippen molar-refractivity contribution in [2.24, 2.45) is 0 Å².